The second-order valence-electron chi connectivity index (χ2n) is 3.83. The molecule has 1 aromatic heterocycles. The van der Waals surface area contributed by atoms with E-state index in [-0.39, 0.29) is 11.4 Å². The lowest BCUT2D eigenvalue weighted by Gasteiger charge is -2.10. The van der Waals surface area contributed by atoms with Crippen LogP contribution in [0.25, 0.3) is 0 Å². The highest BCUT2D eigenvalue weighted by Crippen LogP contribution is 2.07. The van der Waals surface area contributed by atoms with E-state index >= 15 is 0 Å². The molecule has 0 aliphatic heterocycles. The van der Waals surface area contributed by atoms with Gasteiger partial charge < -0.3 is 0 Å². The zero-order valence-corrected chi connectivity index (χ0v) is 8.08. The molecule has 0 bridgehead atoms. The largest absolute Gasteiger partial charge is 0.287 e. The summed E-state index contributed by atoms with van der Waals surface area (Å²) in [5.41, 5.74) is 0.306. The van der Waals surface area contributed by atoms with Crippen molar-refractivity contribution < 1.29 is 4.39 Å². The van der Waals surface area contributed by atoms with Gasteiger partial charge >= 0.3 is 0 Å². The molecule has 0 unspecified atom stereocenters. The van der Waals surface area contributed by atoms with Crippen LogP contribution in [0.5, 0.6) is 0 Å². The van der Waals surface area contributed by atoms with Gasteiger partial charge in [0.05, 0.1) is 11.7 Å². The van der Waals surface area contributed by atoms with Gasteiger partial charge in [0, 0.05) is 18.0 Å². The Labute approximate surface area is 77.5 Å². The molecule has 0 spiro atoms. The van der Waals surface area contributed by atoms with Gasteiger partial charge in [-0.1, -0.05) is 0 Å². The van der Waals surface area contributed by atoms with Crippen LogP contribution in [0, 0.1) is 5.82 Å². The standard InChI is InChI=1S/C10H13FN2/c1-10(2,3)13-6-8-4-5-12-7-9(8)11/h4-7H,1-3H3. The van der Waals surface area contributed by atoms with Crippen molar-refractivity contribution in [3.05, 3.63) is 29.8 Å². The predicted octanol–water partition coefficient (Wildman–Crippen LogP) is 2.44. The van der Waals surface area contributed by atoms with E-state index in [2.05, 4.69) is 9.98 Å². The molecule has 0 atom stereocenters. The van der Waals surface area contributed by atoms with Crippen molar-refractivity contribution in [2.24, 2.45) is 4.99 Å². The Morgan fingerprint density at radius 1 is 1.46 bits per heavy atom. The first-order valence-corrected chi connectivity index (χ1v) is 4.14. The molecule has 0 aliphatic rings. The predicted molar refractivity (Wildman–Crippen MR) is 51.5 cm³/mol. The first kappa shape index (κ1) is 9.84. The summed E-state index contributed by atoms with van der Waals surface area (Å²) in [6.45, 7) is 5.88. The number of pyridine rings is 1. The van der Waals surface area contributed by atoms with E-state index in [0.29, 0.717) is 5.56 Å². The Bertz CT molecular complexity index is 313. The Kier molecular flexibility index (Phi) is 2.76. The fourth-order valence-corrected chi connectivity index (χ4v) is 0.754. The molecule has 0 amide bonds. The lowest BCUT2D eigenvalue weighted by molar-refractivity contribution is 0.584. The summed E-state index contributed by atoms with van der Waals surface area (Å²) in [5.74, 6) is -0.337. The van der Waals surface area contributed by atoms with Gasteiger partial charge in [0.25, 0.3) is 0 Å². The molecule has 1 heterocycles. The van der Waals surface area contributed by atoms with Crippen LogP contribution < -0.4 is 0 Å². The normalized spacial score (nSPS) is 12.3. The molecular formula is C10H13FN2. The van der Waals surface area contributed by atoms with E-state index in [9.17, 15) is 4.39 Å². The van der Waals surface area contributed by atoms with Crippen molar-refractivity contribution in [2.75, 3.05) is 0 Å². The Hall–Kier alpha value is -1.25. The van der Waals surface area contributed by atoms with Gasteiger partial charge in [0.15, 0.2) is 0 Å². The SMILES string of the molecule is CC(C)(C)N=Cc1ccncc1F. The minimum absolute atomic E-state index is 0.171. The van der Waals surface area contributed by atoms with Crippen molar-refractivity contribution in [1.82, 2.24) is 4.98 Å². The summed E-state index contributed by atoms with van der Waals surface area (Å²) in [7, 11) is 0. The third-order valence-electron chi connectivity index (χ3n) is 1.39. The molecule has 3 heteroatoms. The second kappa shape index (κ2) is 3.64. The van der Waals surface area contributed by atoms with E-state index in [1.165, 1.54) is 12.4 Å². The maximum atomic E-state index is 13.0. The monoisotopic (exact) mass is 180 g/mol. The number of halogens is 1. The summed E-state index contributed by atoms with van der Waals surface area (Å²) < 4.78 is 13.0. The second-order valence-corrected chi connectivity index (χ2v) is 3.83. The van der Waals surface area contributed by atoms with Gasteiger partial charge in [0.2, 0.25) is 0 Å². The molecule has 0 fully saturated rings. The van der Waals surface area contributed by atoms with Gasteiger partial charge in [-0.3, -0.25) is 9.98 Å². The van der Waals surface area contributed by atoms with Gasteiger partial charge in [0.1, 0.15) is 5.82 Å². The number of nitrogens with zero attached hydrogens (tertiary/aromatic N) is 2. The summed E-state index contributed by atoms with van der Waals surface area (Å²) >= 11 is 0. The van der Waals surface area contributed by atoms with Crippen LogP contribution in [-0.4, -0.2) is 16.7 Å². The van der Waals surface area contributed by atoms with Gasteiger partial charge in [-0.2, -0.15) is 0 Å². The van der Waals surface area contributed by atoms with E-state index in [0.717, 1.165) is 0 Å². The maximum Gasteiger partial charge on any atom is 0.150 e. The van der Waals surface area contributed by atoms with Crippen molar-refractivity contribution >= 4 is 6.21 Å². The lowest BCUT2D eigenvalue weighted by Crippen LogP contribution is -2.09. The lowest BCUT2D eigenvalue weighted by atomic mass is 10.1. The fourth-order valence-electron chi connectivity index (χ4n) is 0.754. The third-order valence-corrected chi connectivity index (χ3v) is 1.39. The number of hydrogen-bond acceptors (Lipinski definition) is 2. The van der Waals surface area contributed by atoms with Crippen LogP contribution in [0.1, 0.15) is 26.3 Å². The minimum Gasteiger partial charge on any atom is -0.287 e. The fraction of sp³-hybridized carbons (Fsp3) is 0.400. The molecule has 0 aromatic carbocycles. The number of hydrogen-bond donors (Lipinski definition) is 0. The summed E-state index contributed by atoms with van der Waals surface area (Å²) in [5, 5.41) is 0. The molecule has 1 aromatic rings. The molecule has 2 nitrogen and oxygen atoms in total. The van der Waals surface area contributed by atoms with E-state index in [1.54, 1.807) is 12.3 Å². The highest BCUT2D eigenvalue weighted by molar-refractivity contribution is 5.79. The quantitative estimate of drug-likeness (QED) is 0.609. The zero-order valence-electron chi connectivity index (χ0n) is 8.08. The van der Waals surface area contributed by atoms with Crippen LogP contribution in [0.3, 0.4) is 0 Å². The van der Waals surface area contributed by atoms with Crippen LogP contribution in [0.15, 0.2) is 23.5 Å². The maximum absolute atomic E-state index is 13.0. The molecule has 13 heavy (non-hydrogen) atoms. The first-order valence-electron chi connectivity index (χ1n) is 4.14. The molecule has 0 aliphatic carbocycles. The molecule has 0 radical (unpaired) electrons. The summed E-state index contributed by atoms with van der Waals surface area (Å²) in [6.07, 6.45) is 4.27. The van der Waals surface area contributed by atoms with Crippen molar-refractivity contribution in [1.29, 1.82) is 0 Å². The Morgan fingerprint density at radius 2 is 2.15 bits per heavy atom. The van der Waals surface area contributed by atoms with Crippen LogP contribution in [0.2, 0.25) is 0 Å². The molecular weight excluding hydrogens is 167 g/mol. The van der Waals surface area contributed by atoms with Gasteiger partial charge in [-0.15, -0.1) is 0 Å². The highest BCUT2D eigenvalue weighted by atomic mass is 19.1. The molecule has 0 N–H and O–H groups in total. The van der Waals surface area contributed by atoms with Crippen molar-refractivity contribution in [2.45, 2.75) is 26.3 Å². The van der Waals surface area contributed by atoms with E-state index < -0.39 is 0 Å². The van der Waals surface area contributed by atoms with Crippen LogP contribution >= 0.6 is 0 Å². The number of aromatic nitrogens is 1. The number of rotatable bonds is 1. The van der Waals surface area contributed by atoms with Crippen molar-refractivity contribution in [3.8, 4) is 0 Å². The topological polar surface area (TPSA) is 25.2 Å². The smallest absolute Gasteiger partial charge is 0.150 e. The number of aliphatic imine (C=N–C) groups is 1. The van der Waals surface area contributed by atoms with Gasteiger partial charge in [-0.05, 0) is 26.8 Å². The molecule has 0 saturated heterocycles. The molecule has 70 valence electrons. The first-order chi connectivity index (χ1) is 5.99. The van der Waals surface area contributed by atoms with Crippen molar-refractivity contribution in [3.63, 3.8) is 0 Å². The Balaban J connectivity index is 2.86. The average molecular weight is 180 g/mol. The minimum atomic E-state index is -0.337. The molecule has 1 rings (SSSR count). The Morgan fingerprint density at radius 3 is 2.69 bits per heavy atom. The average Bonchev–Trinajstić information content (AvgIpc) is 2.01. The van der Waals surface area contributed by atoms with E-state index in [4.69, 9.17) is 0 Å². The van der Waals surface area contributed by atoms with E-state index in [1.807, 2.05) is 20.8 Å². The summed E-state index contributed by atoms with van der Waals surface area (Å²) in [4.78, 5) is 7.85. The van der Waals surface area contributed by atoms with Gasteiger partial charge in [-0.25, -0.2) is 4.39 Å². The van der Waals surface area contributed by atoms with Crippen LogP contribution in [0.4, 0.5) is 4.39 Å². The highest BCUT2D eigenvalue weighted by Gasteiger charge is 2.05. The molecule has 0 saturated carbocycles. The van der Waals surface area contributed by atoms with Crippen LogP contribution in [-0.2, 0) is 0 Å². The zero-order chi connectivity index (χ0) is 9.90. The summed E-state index contributed by atoms with van der Waals surface area (Å²) in [6, 6.07) is 1.60. The third kappa shape index (κ3) is 3.32.